The zero-order chi connectivity index (χ0) is 13.8. The van der Waals surface area contributed by atoms with E-state index >= 15 is 0 Å². The highest BCUT2D eigenvalue weighted by Crippen LogP contribution is 2.33. The van der Waals surface area contributed by atoms with Gasteiger partial charge in [-0.3, -0.25) is 14.9 Å². The van der Waals surface area contributed by atoms with E-state index in [1.165, 1.54) is 16.2 Å². The van der Waals surface area contributed by atoms with Crippen molar-refractivity contribution in [3.8, 4) is 0 Å². The number of hydrogen-bond donors (Lipinski definition) is 0. The normalized spacial score (nSPS) is 18.8. The molecule has 0 saturated carbocycles. The second-order valence-electron chi connectivity index (χ2n) is 5.17. The van der Waals surface area contributed by atoms with Gasteiger partial charge in [-0.1, -0.05) is 0 Å². The number of hydrogen-bond acceptors (Lipinski definition) is 5. The number of thiophene rings is 1. The van der Waals surface area contributed by atoms with Gasteiger partial charge in [0.05, 0.1) is 11.8 Å². The number of ether oxygens (including phenoxy) is 1. The van der Waals surface area contributed by atoms with Crippen molar-refractivity contribution in [3.63, 3.8) is 0 Å². The molecule has 0 amide bonds. The van der Waals surface area contributed by atoms with E-state index in [9.17, 15) is 0 Å². The second-order valence-corrected chi connectivity index (χ2v) is 6.37. The Hall–Kier alpha value is -1.30. The largest absolute Gasteiger partial charge is 0.373 e. The molecule has 2 aromatic heterocycles. The molecule has 0 radical (unpaired) electrons. The van der Waals surface area contributed by atoms with Crippen LogP contribution in [0.4, 0.5) is 0 Å². The summed E-state index contributed by atoms with van der Waals surface area (Å²) in [5, 5.41) is 0. The number of rotatable bonds is 5. The summed E-state index contributed by atoms with van der Waals surface area (Å²) in [6.45, 7) is 2.67. The fourth-order valence-corrected chi connectivity index (χ4v) is 3.64. The SMILES string of the molecule is CN(Cc1cnccn1)Cc1ccc([C@H]2CCCO2)s1. The molecule has 3 rings (SSSR count). The van der Waals surface area contributed by atoms with Gasteiger partial charge in [-0.05, 0) is 32.0 Å². The van der Waals surface area contributed by atoms with Crippen LogP contribution in [-0.2, 0) is 17.8 Å². The van der Waals surface area contributed by atoms with Crippen LogP contribution in [-0.4, -0.2) is 28.5 Å². The minimum atomic E-state index is 0.332. The Labute approximate surface area is 123 Å². The second kappa shape index (κ2) is 6.43. The van der Waals surface area contributed by atoms with Crippen molar-refractivity contribution in [2.24, 2.45) is 0 Å². The summed E-state index contributed by atoms with van der Waals surface area (Å²) in [4.78, 5) is 13.4. The molecule has 1 fully saturated rings. The van der Waals surface area contributed by atoms with Crippen LogP contribution in [0.5, 0.6) is 0 Å². The van der Waals surface area contributed by atoms with E-state index in [0.29, 0.717) is 6.10 Å². The molecule has 1 atom stereocenters. The molecule has 0 bridgehead atoms. The highest BCUT2D eigenvalue weighted by Gasteiger charge is 2.19. The molecule has 3 heterocycles. The molecule has 0 aromatic carbocycles. The monoisotopic (exact) mass is 289 g/mol. The third-order valence-electron chi connectivity index (χ3n) is 3.40. The summed E-state index contributed by atoms with van der Waals surface area (Å²) in [7, 11) is 2.11. The fourth-order valence-electron chi connectivity index (χ4n) is 2.46. The molecule has 20 heavy (non-hydrogen) atoms. The van der Waals surface area contributed by atoms with Crippen LogP contribution >= 0.6 is 11.3 Å². The molecule has 0 N–H and O–H groups in total. The first-order chi connectivity index (χ1) is 9.81. The van der Waals surface area contributed by atoms with E-state index in [2.05, 4.69) is 34.0 Å². The van der Waals surface area contributed by atoms with Crippen molar-refractivity contribution in [2.75, 3.05) is 13.7 Å². The lowest BCUT2D eigenvalue weighted by Gasteiger charge is -2.14. The predicted molar refractivity (Wildman–Crippen MR) is 79.4 cm³/mol. The van der Waals surface area contributed by atoms with Crippen LogP contribution in [0.3, 0.4) is 0 Å². The van der Waals surface area contributed by atoms with Gasteiger partial charge in [0, 0.05) is 48.0 Å². The molecule has 1 saturated heterocycles. The fraction of sp³-hybridized carbons (Fsp3) is 0.467. The molecule has 4 nitrogen and oxygen atoms in total. The molecular formula is C15H19N3OS. The van der Waals surface area contributed by atoms with Gasteiger partial charge >= 0.3 is 0 Å². The molecule has 2 aromatic rings. The highest BCUT2D eigenvalue weighted by atomic mass is 32.1. The summed E-state index contributed by atoms with van der Waals surface area (Å²) in [6, 6.07) is 4.43. The Morgan fingerprint density at radius 3 is 3.05 bits per heavy atom. The van der Waals surface area contributed by atoms with E-state index in [4.69, 9.17) is 4.74 Å². The van der Waals surface area contributed by atoms with Gasteiger partial charge in [0.25, 0.3) is 0 Å². The predicted octanol–water partition coefficient (Wildman–Crippen LogP) is 3.02. The first-order valence-electron chi connectivity index (χ1n) is 6.95. The summed E-state index contributed by atoms with van der Waals surface area (Å²) in [5.74, 6) is 0. The van der Waals surface area contributed by atoms with Gasteiger partial charge in [0.1, 0.15) is 0 Å². The molecular weight excluding hydrogens is 270 g/mol. The van der Waals surface area contributed by atoms with Crippen LogP contribution in [0.25, 0.3) is 0 Å². The van der Waals surface area contributed by atoms with E-state index in [-0.39, 0.29) is 0 Å². The van der Waals surface area contributed by atoms with Crippen molar-refractivity contribution in [1.29, 1.82) is 0 Å². The molecule has 0 spiro atoms. The van der Waals surface area contributed by atoms with Gasteiger partial charge in [0.2, 0.25) is 0 Å². The number of aromatic nitrogens is 2. The molecule has 106 valence electrons. The van der Waals surface area contributed by atoms with Crippen molar-refractivity contribution in [3.05, 3.63) is 46.2 Å². The zero-order valence-electron chi connectivity index (χ0n) is 11.7. The summed E-state index contributed by atoms with van der Waals surface area (Å²) < 4.78 is 5.73. The van der Waals surface area contributed by atoms with Gasteiger partial charge < -0.3 is 4.74 Å². The van der Waals surface area contributed by atoms with Gasteiger partial charge in [-0.2, -0.15) is 0 Å². The van der Waals surface area contributed by atoms with Crippen molar-refractivity contribution < 1.29 is 4.74 Å². The van der Waals surface area contributed by atoms with E-state index in [1.54, 1.807) is 12.4 Å². The molecule has 1 aliphatic rings. The first-order valence-corrected chi connectivity index (χ1v) is 7.76. The maximum atomic E-state index is 5.73. The van der Waals surface area contributed by atoms with Crippen molar-refractivity contribution in [2.45, 2.75) is 32.0 Å². The summed E-state index contributed by atoms with van der Waals surface area (Å²) in [5.41, 5.74) is 1.01. The Balaban J connectivity index is 1.57. The maximum Gasteiger partial charge on any atom is 0.0917 e. The Morgan fingerprint density at radius 2 is 2.30 bits per heavy atom. The lowest BCUT2D eigenvalue weighted by molar-refractivity contribution is 0.114. The Morgan fingerprint density at radius 1 is 1.35 bits per heavy atom. The third kappa shape index (κ3) is 3.42. The highest BCUT2D eigenvalue weighted by molar-refractivity contribution is 7.12. The van der Waals surface area contributed by atoms with E-state index in [0.717, 1.165) is 31.8 Å². The van der Waals surface area contributed by atoms with E-state index < -0.39 is 0 Å². The van der Waals surface area contributed by atoms with Crippen molar-refractivity contribution >= 4 is 11.3 Å². The van der Waals surface area contributed by atoms with Gasteiger partial charge in [0.15, 0.2) is 0 Å². The van der Waals surface area contributed by atoms with Crippen LogP contribution in [0, 0.1) is 0 Å². The standard InChI is InChI=1S/C15H19N3OS/c1-18(10-12-9-16-6-7-17-12)11-13-4-5-15(20-13)14-3-2-8-19-14/h4-7,9,14H,2-3,8,10-11H2,1H3/t14-/m1/s1. The quantitative estimate of drug-likeness (QED) is 0.848. The lowest BCUT2D eigenvalue weighted by Crippen LogP contribution is -2.17. The lowest BCUT2D eigenvalue weighted by atomic mass is 10.2. The molecule has 0 aliphatic carbocycles. The number of nitrogens with zero attached hydrogens (tertiary/aromatic N) is 3. The van der Waals surface area contributed by atoms with Crippen LogP contribution in [0.1, 0.15) is 34.4 Å². The average molecular weight is 289 g/mol. The minimum Gasteiger partial charge on any atom is -0.373 e. The smallest absolute Gasteiger partial charge is 0.0917 e. The summed E-state index contributed by atoms with van der Waals surface area (Å²) in [6.07, 6.45) is 7.95. The molecule has 5 heteroatoms. The Kier molecular flexibility index (Phi) is 4.40. The third-order valence-corrected chi connectivity index (χ3v) is 4.57. The Bertz CT molecular complexity index is 537. The van der Waals surface area contributed by atoms with Crippen LogP contribution in [0.15, 0.2) is 30.7 Å². The average Bonchev–Trinajstić information content (AvgIpc) is 3.10. The maximum absolute atomic E-state index is 5.73. The van der Waals surface area contributed by atoms with Crippen LogP contribution < -0.4 is 0 Å². The van der Waals surface area contributed by atoms with Gasteiger partial charge in [-0.25, -0.2) is 0 Å². The van der Waals surface area contributed by atoms with Crippen LogP contribution in [0.2, 0.25) is 0 Å². The van der Waals surface area contributed by atoms with Crippen molar-refractivity contribution in [1.82, 2.24) is 14.9 Å². The molecule has 0 unspecified atom stereocenters. The first kappa shape index (κ1) is 13.7. The topological polar surface area (TPSA) is 38.2 Å². The van der Waals surface area contributed by atoms with Gasteiger partial charge in [-0.15, -0.1) is 11.3 Å². The zero-order valence-corrected chi connectivity index (χ0v) is 12.5. The minimum absolute atomic E-state index is 0.332. The van der Waals surface area contributed by atoms with E-state index in [1.807, 2.05) is 17.5 Å². The summed E-state index contributed by atoms with van der Waals surface area (Å²) >= 11 is 1.87. The molecule has 1 aliphatic heterocycles.